The number of halogens is 4. The molecule has 1 aliphatic heterocycles. The van der Waals surface area contributed by atoms with Gasteiger partial charge in [-0.2, -0.15) is 4.39 Å². The first-order valence-electron chi connectivity index (χ1n) is 6.76. The van der Waals surface area contributed by atoms with E-state index in [1.807, 2.05) is 6.92 Å². The first-order chi connectivity index (χ1) is 9.15. The second-order valence-corrected chi connectivity index (χ2v) is 4.89. The van der Waals surface area contributed by atoms with Gasteiger partial charge in [-0.05, 0) is 12.5 Å². The topological polar surface area (TPSA) is 35.5 Å². The van der Waals surface area contributed by atoms with E-state index in [2.05, 4.69) is 10.2 Å². The van der Waals surface area contributed by atoms with E-state index in [9.17, 15) is 13.9 Å². The Morgan fingerprint density at radius 2 is 1.86 bits per heavy atom. The average molecular weight is 343 g/mol. The average Bonchev–Trinajstić information content (AvgIpc) is 2.44. The Morgan fingerprint density at radius 3 is 2.43 bits per heavy atom. The Bertz CT molecular complexity index is 443. The highest BCUT2D eigenvalue weighted by Gasteiger charge is 2.25. The predicted octanol–water partition coefficient (Wildman–Crippen LogP) is 3.26. The van der Waals surface area contributed by atoms with E-state index in [1.165, 1.54) is 6.07 Å². The highest BCUT2D eigenvalue weighted by atomic mass is 35.5. The van der Waals surface area contributed by atoms with Crippen molar-refractivity contribution in [2.45, 2.75) is 25.8 Å². The summed E-state index contributed by atoms with van der Waals surface area (Å²) in [5.41, 5.74) is 0.489. The molecule has 2 rings (SSSR count). The number of nitrogens with zero attached hydrogens (tertiary/aromatic N) is 1. The molecular weight excluding hydrogens is 321 g/mol. The molecule has 1 saturated heterocycles. The second-order valence-electron chi connectivity index (χ2n) is 4.89. The van der Waals surface area contributed by atoms with Gasteiger partial charge < -0.3 is 10.4 Å². The van der Waals surface area contributed by atoms with Crippen molar-refractivity contribution >= 4 is 24.8 Å². The van der Waals surface area contributed by atoms with E-state index in [0.29, 0.717) is 5.56 Å². The van der Waals surface area contributed by atoms with E-state index >= 15 is 0 Å². The van der Waals surface area contributed by atoms with E-state index in [0.717, 1.165) is 45.1 Å². The number of aromatic hydroxyl groups is 1. The Kier molecular flexibility index (Phi) is 9.13. The number of benzene rings is 1. The molecule has 1 heterocycles. The first-order valence-corrected chi connectivity index (χ1v) is 6.76. The van der Waals surface area contributed by atoms with Crippen LogP contribution in [0.4, 0.5) is 8.78 Å². The van der Waals surface area contributed by atoms with Crippen LogP contribution < -0.4 is 5.32 Å². The fraction of sp³-hybridized carbons (Fsp3) is 0.571. The van der Waals surface area contributed by atoms with Crippen molar-refractivity contribution < 1.29 is 13.9 Å². The summed E-state index contributed by atoms with van der Waals surface area (Å²) in [6.07, 6.45) is 1.74. The summed E-state index contributed by atoms with van der Waals surface area (Å²) >= 11 is 0. The van der Waals surface area contributed by atoms with E-state index in [4.69, 9.17) is 0 Å². The second kappa shape index (κ2) is 9.41. The number of hydrogen-bond acceptors (Lipinski definition) is 3. The highest BCUT2D eigenvalue weighted by molar-refractivity contribution is 5.85. The number of phenolic OH excluding ortho intramolecular Hbond substituents is 1. The van der Waals surface area contributed by atoms with Crippen LogP contribution in [0.15, 0.2) is 12.1 Å². The maximum absolute atomic E-state index is 13.5. The molecule has 0 saturated carbocycles. The molecule has 7 heteroatoms. The molecule has 1 atom stereocenters. The largest absolute Gasteiger partial charge is 0.505 e. The molecule has 1 fully saturated rings. The van der Waals surface area contributed by atoms with Crippen molar-refractivity contribution in [3.8, 4) is 5.75 Å². The zero-order chi connectivity index (χ0) is 13.8. The van der Waals surface area contributed by atoms with E-state index < -0.39 is 17.4 Å². The Labute approximate surface area is 136 Å². The van der Waals surface area contributed by atoms with Gasteiger partial charge in [0.25, 0.3) is 0 Å². The lowest BCUT2D eigenvalue weighted by molar-refractivity contribution is 0.161. The quantitative estimate of drug-likeness (QED) is 0.881. The normalized spacial score (nSPS) is 16.7. The molecule has 0 aliphatic carbocycles. The molecule has 1 aromatic rings. The van der Waals surface area contributed by atoms with Gasteiger partial charge in [0.05, 0.1) is 0 Å². The predicted molar refractivity (Wildman–Crippen MR) is 84.6 cm³/mol. The molecule has 1 aliphatic rings. The molecular formula is C14H22Cl2F2N2O. The Morgan fingerprint density at radius 1 is 1.24 bits per heavy atom. The summed E-state index contributed by atoms with van der Waals surface area (Å²) in [5, 5.41) is 13.1. The molecule has 3 nitrogen and oxygen atoms in total. The number of rotatable bonds is 4. The van der Waals surface area contributed by atoms with Crippen molar-refractivity contribution in [3.63, 3.8) is 0 Å². The minimum Gasteiger partial charge on any atom is -0.505 e. The minimum atomic E-state index is -1.14. The van der Waals surface area contributed by atoms with Gasteiger partial charge in [-0.3, -0.25) is 4.90 Å². The lowest BCUT2D eigenvalue weighted by Gasteiger charge is -2.35. The summed E-state index contributed by atoms with van der Waals surface area (Å²) in [6.45, 7) is 5.51. The monoisotopic (exact) mass is 342 g/mol. The van der Waals surface area contributed by atoms with Gasteiger partial charge in [0.15, 0.2) is 11.6 Å². The van der Waals surface area contributed by atoms with E-state index in [-0.39, 0.29) is 30.9 Å². The van der Waals surface area contributed by atoms with Crippen molar-refractivity contribution in [1.82, 2.24) is 10.2 Å². The molecule has 0 spiro atoms. The van der Waals surface area contributed by atoms with Gasteiger partial charge in [0, 0.05) is 37.8 Å². The maximum atomic E-state index is 13.5. The Balaban J connectivity index is 0.00000200. The summed E-state index contributed by atoms with van der Waals surface area (Å²) in [7, 11) is 0. The van der Waals surface area contributed by atoms with Gasteiger partial charge in [-0.1, -0.05) is 19.4 Å². The lowest BCUT2D eigenvalue weighted by Crippen LogP contribution is -2.45. The van der Waals surface area contributed by atoms with Gasteiger partial charge >= 0.3 is 0 Å². The summed E-state index contributed by atoms with van der Waals surface area (Å²) in [6, 6.07) is 2.54. The van der Waals surface area contributed by atoms with Gasteiger partial charge in [-0.15, -0.1) is 24.8 Å². The molecule has 122 valence electrons. The summed E-state index contributed by atoms with van der Waals surface area (Å²) in [4.78, 5) is 2.21. The van der Waals surface area contributed by atoms with Crippen LogP contribution >= 0.6 is 24.8 Å². The molecule has 21 heavy (non-hydrogen) atoms. The minimum absolute atomic E-state index is 0. The maximum Gasteiger partial charge on any atom is 0.200 e. The third kappa shape index (κ3) is 4.68. The summed E-state index contributed by atoms with van der Waals surface area (Å²) in [5.74, 6) is -2.69. The van der Waals surface area contributed by atoms with Crippen LogP contribution in [0.2, 0.25) is 0 Å². The fourth-order valence-corrected chi connectivity index (χ4v) is 2.63. The van der Waals surface area contributed by atoms with Crippen molar-refractivity contribution in [2.75, 3.05) is 26.2 Å². The van der Waals surface area contributed by atoms with Gasteiger partial charge in [0.1, 0.15) is 0 Å². The number of nitrogens with one attached hydrogen (secondary N) is 1. The zero-order valence-electron chi connectivity index (χ0n) is 11.9. The van der Waals surface area contributed by atoms with Gasteiger partial charge in [0.2, 0.25) is 5.82 Å². The van der Waals surface area contributed by atoms with Crippen LogP contribution in [0, 0.1) is 11.6 Å². The van der Waals surface area contributed by atoms with E-state index in [1.54, 1.807) is 0 Å². The van der Waals surface area contributed by atoms with Crippen LogP contribution in [-0.4, -0.2) is 36.2 Å². The van der Waals surface area contributed by atoms with Crippen molar-refractivity contribution in [3.05, 3.63) is 29.3 Å². The standard InChI is InChI=1S/C14H20F2N2O.2ClH/c1-2-3-12(18-8-6-17-7-9-18)10-4-5-11(15)13(16)14(10)19;;/h4-5,12,17,19H,2-3,6-9H2,1H3;2*1H/t12-;;/m0../s1. The van der Waals surface area contributed by atoms with Crippen LogP contribution in [0.5, 0.6) is 5.75 Å². The number of phenols is 1. The fourth-order valence-electron chi connectivity index (χ4n) is 2.63. The molecule has 0 unspecified atom stereocenters. The number of piperazine rings is 1. The third-order valence-corrected chi connectivity index (χ3v) is 3.61. The van der Waals surface area contributed by atoms with Crippen LogP contribution in [0.3, 0.4) is 0 Å². The van der Waals surface area contributed by atoms with Crippen LogP contribution in [-0.2, 0) is 0 Å². The van der Waals surface area contributed by atoms with Gasteiger partial charge in [-0.25, -0.2) is 4.39 Å². The van der Waals surface area contributed by atoms with Crippen LogP contribution in [0.25, 0.3) is 0 Å². The van der Waals surface area contributed by atoms with Crippen LogP contribution in [0.1, 0.15) is 31.4 Å². The molecule has 0 radical (unpaired) electrons. The SMILES string of the molecule is CCC[C@@H](c1ccc(F)c(F)c1O)N1CCNCC1.Cl.Cl. The summed E-state index contributed by atoms with van der Waals surface area (Å²) < 4.78 is 26.6. The molecule has 2 N–H and O–H groups in total. The molecule has 0 bridgehead atoms. The smallest absolute Gasteiger partial charge is 0.200 e. The molecule has 0 aromatic heterocycles. The number of hydrogen-bond donors (Lipinski definition) is 2. The molecule has 0 amide bonds. The first kappa shape index (κ1) is 20.4. The van der Waals surface area contributed by atoms with Crippen molar-refractivity contribution in [1.29, 1.82) is 0 Å². The highest BCUT2D eigenvalue weighted by Crippen LogP contribution is 2.34. The zero-order valence-corrected chi connectivity index (χ0v) is 13.6. The lowest BCUT2D eigenvalue weighted by atomic mass is 9.98. The Hall–Kier alpha value is -0.620. The third-order valence-electron chi connectivity index (χ3n) is 3.61. The molecule has 1 aromatic carbocycles. The van der Waals surface area contributed by atoms with Crippen molar-refractivity contribution in [2.24, 2.45) is 0 Å².